The summed E-state index contributed by atoms with van der Waals surface area (Å²) in [7, 11) is 3.98. The van der Waals surface area contributed by atoms with Crippen molar-refractivity contribution in [1.82, 2.24) is 0 Å². The normalized spacial score (nSPS) is 17.6. The van der Waals surface area contributed by atoms with Crippen LogP contribution in [0.5, 0.6) is 0 Å². The van der Waals surface area contributed by atoms with Crippen LogP contribution in [0.1, 0.15) is 32.1 Å². The number of carbonyl (C=O) groups excluding carboxylic acids is 1. The van der Waals surface area contributed by atoms with Gasteiger partial charge >= 0.3 is 0 Å². The zero-order valence-corrected chi connectivity index (χ0v) is 12.5. The molecule has 3 N–H and O–H groups in total. The highest BCUT2D eigenvalue weighted by molar-refractivity contribution is 5.96. The number of carbonyl (C=O) groups is 1. The highest BCUT2D eigenvalue weighted by Gasteiger charge is 2.38. The fourth-order valence-electron chi connectivity index (χ4n) is 2.88. The lowest BCUT2D eigenvalue weighted by Gasteiger charge is -2.34. The lowest BCUT2D eigenvalue weighted by molar-refractivity contribution is -0.126. The van der Waals surface area contributed by atoms with Crippen LogP contribution in [0.15, 0.2) is 24.3 Å². The first-order chi connectivity index (χ1) is 9.57. The molecular weight excluding hydrogens is 250 g/mol. The van der Waals surface area contributed by atoms with E-state index in [0.29, 0.717) is 6.54 Å². The van der Waals surface area contributed by atoms with Crippen LogP contribution in [0.25, 0.3) is 0 Å². The number of hydrogen-bond acceptors (Lipinski definition) is 3. The van der Waals surface area contributed by atoms with Crippen LogP contribution in [0, 0.1) is 5.41 Å². The number of amides is 1. The Kier molecular flexibility index (Phi) is 4.65. The van der Waals surface area contributed by atoms with Crippen LogP contribution in [0.4, 0.5) is 11.4 Å². The first kappa shape index (κ1) is 14.9. The molecule has 1 aliphatic carbocycles. The monoisotopic (exact) mass is 275 g/mol. The van der Waals surface area contributed by atoms with Crippen LogP contribution in [-0.2, 0) is 4.79 Å². The first-order valence-corrected chi connectivity index (χ1v) is 7.36. The van der Waals surface area contributed by atoms with E-state index in [2.05, 4.69) is 5.32 Å². The summed E-state index contributed by atoms with van der Waals surface area (Å²) in [5, 5.41) is 3.05. The van der Waals surface area contributed by atoms with Crippen molar-refractivity contribution in [2.45, 2.75) is 32.1 Å². The van der Waals surface area contributed by atoms with Gasteiger partial charge in [-0.3, -0.25) is 4.79 Å². The minimum absolute atomic E-state index is 0.0793. The largest absolute Gasteiger partial charge is 0.378 e. The number of rotatable bonds is 4. The van der Waals surface area contributed by atoms with Crippen molar-refractivity contribution in [2.24, 2.45) is 11.1 Å². The van der Waals surface area contributed by atoms with Gasteiger partial charge in [-0.05, 0) is 31.0 Å². The molecule has 1 aliphatic rings. The van der Waals surface area contributed by atoms with E-state index in [4.69, 9.17) is 5.73 Å². The summed E-state index contributed by atoms with van der Waals surface area (Å²) in [6.45, 7) is 0.437. The maximum Gasteiger partial charge on any atom is 0.231 e. The van der Waals surface area contributed by atoms with Gasteiger partial charge in [0.25, 0.3) is 0 Å². The average molecular weight is 275 g/mol. The Balaban J connectivity index is 2.12. The molecule has 0 aromatic heterocycles. The molecule has 1 aromatic rings. The third kappa shape index (κ3) is 3.12. The van der Waals surface area contributed by atoms with Crippen LogP contribution in [-0.4, -0.2) is 26.5 Å². The molecule has 110 valence electrons. The molecule has 4 heteroatoms. The van der Waals surface area contributed by atoms with E-state index in [1.54, 1.807) is 0 Å². The van der Waals surface area contributed by atoms with Crippen molar-refractivity contribution < 1.29 is 4.79 Å². The van der Waals surface area contributed by atoms with Crippen molar-refractivity contribution in [3.05, 3.63) is 24.3 Å². The SMILES string of the molecule is CN(C)c1cccc(NC(=O)C2(CN)CCCCC2)c1. The van der Waals surface area contributed by atoms with Crippen molar-refractivity contribution in [3.8, 4) is 0 Å². The van der Waals surface area contributed by atoms with Gasteiger partial charge in [-0.2, -0.15) is 0 Å². The third-order valence-corrected chi connectivity index (χ3v) is 4.30. The van der Waals surface area contributed by atoms with Gasteiger partial charge in [-0.25, -0.2) is 0 Å². The van der Waals surface area contributed by atoms with Crippen LogP contribution >= 0.6 is 0 Å². The van der Waals surface area contributed by atoms with Gasteiger partial charge in [-0.15, -0.1) is 0 Å². The second-order valence-corrected chi connectivity index (χ2v) is 5.94. The fraction of sp³-hybridized carbons (Fsp3) is 0.562. The molecule has 1 aromatic carbocycles. The molecule has 0 heterocycles. The molecule has 0 spiro atoms. The highest BCUT2D eigenvalue weighted by Crippen LogP contribution is 2.36. The van der Waals surface area contributed by atoms with Gasteiger partial charge in [0.2, 0.25) is 5.91 Å². The topological polar surface area (TPSA) is 58.4 Å². The number of anilines is 2. The summed E-state index contributed by atoms with van der Waals surface area (Å²) >= 11 is 0. The Hall–Kier alpha value is -1.55. The molecule has 0 unspecified atom stereocenters. The van der Waals surface area contributed by atoms with Gasteiger partial charge in [0.1, 0.15) is 0 Å². The summed E-state index contributed by atoms with van der Waals surface area (Å²) < 4.78 is 0. The molecule has 1 amide bonds. The molecule has 0 atom stereocenters. The van der Waals surface area contributed by atoms with Crippen molar-refractivity contribution >= 4 is 17.3 Å². The summed E-state index contributed by atoms with van der Waals surface area (Å²) in [5.74, 6) is 0.0793. The minimum Gasteiger partial charge on any atom is -0.378 e. The fourth-order valence-corrected chi connectivity index (χ4v) is 2.88. The van der Waals surface area contributed by atoms with Gasteiger partial charge in [-0.1, -0.05) is 25.3 Å². The molecule has 1 fully saturated rings. The van der Waals surface area contributed by atoms with E-state index in [1.165, 1.54) is 6.42 Å². The van der Waals surface area contributed by atoms with Gasteiger partial charge in [0.15, 0.2) is 0 Å². The van der Waals surface area contributed by atoms with Crippen LogP contribution in [0.2, 0.25) is 0 Å². The number of nitrogens with two attached hydrogens (primary N) is 1. The van der Waals surface area contributed by atoms with E-state index < -0.39 is 0 Å². The standard InChI is InChI=1S/C16H25N3O/c1-19(2)14-8-6-7-13(11-14)18-15(20)16(12-17)9-4-3-5-10-16/h6-8,11H,3-5,9-10,12,17H2,1-2H3,(H,18,20). The summed E-state index contributed by atoms with van der Waals surface area (Å²) in [5.41, 5.74) is 7.46. The molecule has 2 rings (SSSR count). The molecule has 4 nitrogen and oxygen atoms in total. The second kappa shape index (κ2) is 6.27. The summed E-state index contributed by atoms with van der Waals surface area (Å²) in [6, 6.07) is 7.90. The van der Waals surface area contributed by atoms with Gasteiger partial charge < -0.3 is 16.0 Å². The van der Waals surface area contributed by atoms with Crippen molar-refractivity contribution in [2.75, 3.05) is 30.9 Å². The van der Waals surface area contributed by atoms with E-state index in [-0.39, 0.29) is 11.3 Å². The Labute approximate surface area is 121 Å². The van der Waals surface area contributed by atoms with E-state index in [0.717, 1.165) is 37.1 Å². The van der Waals surface area contributed by atoms with E-state index in [1.807, 2.05) is 43.3 Å². The molecule has 20 heavy (non-hydrogen) atoms. The average Bonchev–Trinajstić information content (AvgIpc) is 2.48. The first-order valence-electron chi connectivity index (χ1n) is 7.36. The summed E-state index contributed by atoms with van der Waals surface area (Å²) in [4.78, 5) is 14.6. The molecule has 0 radical (unpaired) electrons. The minimum atomic E-state index is -0.369. The quantitative estimate of drug-likeness (QED) is 0.888. The number of nitrogens with zero attached hydrogens (tertiary/aromatic N) is 1. The molecule has 0 bridgehead atoms. The van der Waals surface area contributed by atoms with E-state index in [9.17, 15) is 4.79 Å². The Bertz CT molecular complexity index is 465. The van der Waals surface area contributed by atoms with Crippen molar-refractivity contribution in [3.63, 3.8) is 0 Å². The van der Waals surface area contributed by atoms with Gasteiger partial charge in [0.05, 0.1) is 5.41 Å². The maximum atomic E-state index is 12.6. The molecule has 1 saturated carbocycles. The maximum absolute atomic E-state index is 12.6. The molecule has 0 aliphatic heterocycles. The number of benzene rings is 1. The van der Waals surface area contributed by atoms with Crippen LogP contribution < -0.4 is 16.0 Å². The number of nitrogens with one attached hydrogen (secondary N) is 1. The second-order valence-electron chi connectivity index (χ2n) is 5.94. The van der Waals surface area contributed by atoms with Gasteiger partial charge in [0, 0.05) is 32.0 Å². The van der Waals surface area contributed by atoms with E-state index >= 15 is 0 Å². The lowest BCUT2D eigenvalue weighted by atomic mass is 9.73. The molecule has 0 saturated heterocycles. The van der Waals surface area contributed by atoms with Crippen LogP contribution in [0.3, 0.4) is 0 Å². The smallest absolute Gasteiger partial charge is 0.231 e. The zero-order chi connectivity index (χ0) is 14.6. The predicted molar refractivity (Wildman–Crippen MR) is 84.0 cm³/mol. The third-order valence-electron chi connectivity index (χ3n) is 4.30. The number of hydrogen-bond donors (Lipinski definition) is 2. The lowest BCUT2D eigenvalue weighted by Crippen LogP contribution is -2.43. The Morgan fingerprint density at radius 1 is 1.30 bits per heavy atom. The highest BCUT2D eigenvalue weighted by atomic mass is 16.2. The molecular formula is C16H25N3O. The summed E-state index contributed by atoms with van der Waals surface area (Å²) in [6.07, 6.45) is 5.22. The Morgan fingerprint density at radius 2 is 2.00 bits per heavy atom. The van der Waals surface area contributed by atoms with Crippen molar-refractivity contribution in [1.29, 1.82) is 0 Å². The Morgan fingerprint density at radius 3 is 2.60 bits per heavy atom. The predicted octanol–water partition coefficient (Wildman–Crippen LogP) is 2.60. The zero-order valence-electron chi connectivity index (χ0n) is 12.5.